The van der Waals surface area contributed by atoms with E-state index < -0.39 is 0 Å². The van der Waals surface area contributed by atoms with Crippen LogP contribution in [0.2, 0.25) is 5.02 Å². The number of ether oxygens (including phenoxy) is 2. The van der Waals surface area contributed by atoms with Crippen LogP contribution in [0.1, 0.15) is 0 Å². The van der Waals surface area contributed by atoms with Gasteiger partial charge in [0.1, 0.15) is 22.8 Å². The van der Waals surface area contributed by atoms with Crippen LogP contribution in [0.5, 0.6) is 17.2 Å². The van der Waals surface area contributed by atoms with Gasteiger partial charge in [-0.2, -0.15) is 4.98 Å². The first kappa shape index (κ1) is 21.4. The minimum absolute atomic E-state index is 0.390. The lowest BCUT2D eigenvalue weighted by Crippen LogP contribution is -1.89. The van der Waals surface area contributed by atoms with Crippen LogP contribution >= 0.6 is 22.9 Å². The molecule has 6 rings (SSSR count). The zero-order chi connectivity index (χ0) is 23.8. The van der Waals surface area contributed by atoms with Gasteiger partial charge in [0.05, 0.1) is 34.1 Å². The van der Waals surface area contributed by atoms with Crippen molar-refractivity contribution in [2.45, 2.75) is 0 Å². The normalized spacial score (nSPS) is 11.1. The van der Waals surface area contributed by atoms with Crippen molar-refractivity contribution in [1.82, 2.24) is 15.0 Å². The van der Waals surface area contributed by atoms with Crippen LogP contribution in [0.15, 0.2) is 83.5 Å². The first-order valence-corrected chi connectivity index (χ1v) is 11.8. The summed E-state index contributed by atoms with van der Waals surface area (Å²) in [6.07, 6.45) is 3.44. The van der Waals surface area contributed by atoms with Crippen LogP contribution in [0, 0.1) is 0 Å². The number of oxazole rings is 1. The molecule has 4 aromatic heterocycles. The number of hydrogen-bond donors (Lipinski definition) is 1. The summed E-state index contributed by atoms with van der Waals surface area (Å²) in [4.78, 5) is 14.5. The minimum atomic E-state index is 0.390. The van der Waals surface area contributed by atoms with Gasteiger partial charge in [-0.15, -0.1) is 11.3 Å². The van der Waals surface area contributed by atoms with Crippen molar-refractivity contribution in [2.24, 2.45) is 0 Å². The number of pyridine rings is 2. The number of methoxy groups -OCH3 is 1. The highest BCUT2D eigenvalue weighted by Crippen LogP contribution is 2.39. The van der Waals surface area contributed by atoms with Crippen LogP contribution in [-0.2, 0) is 0 Å². The van der Waals surface area contributed by atoms with Gasteiger partial charge in [0.15, 0.2) is 5.58 Å². The molecule has 0 aliphatic carbocycles. The van der Waals surface area contributed by atoms with Crippen molar-refractivity contribution in [3.63, 3.8) is 0 Å². The summed E-state index contributed by atoms with van der Waals surface area (Å²) in [5, 5.41) is 3.81. The third kappa shape index (κ3) is 4.37. The largest absolute Gasteiger partial charge is 0.495 e. The molecule has 9 heteroatoms. The van der Waals surface area contributed by atoms with E-state index in [9.17, 15) is 0 Å². The molecule has 0 spiro atoms. The standard InChI is InChI=1S/C26H17ClN4O3S/c1-32-18-6-8-19(29-14-18)24-13-21-25(35-24)23(10-11-28-21)33-17-7-9-22-20(12-17)31-26(34-22)30-16-4-2-15(27)3-5-16/h2-14H,1H3,(H,30,31). The van der Waals surface area contributed by atoms with E-state index in [0.717, 1.165) is 26.5 Å². The van der Waals surface area contributed by atoms with Crippen molar-refractivity contribution < 1.29 is 13.9 Å². The zero-order valence-corrected chi connectivity index (χ0v) is 19.9. The van der Waals surface area contributed by atoms with Crippen molar-refractivity contribution in [3.8, 4) is 27.8 Å². The molecule has 0 atom stereocenters. The number of thiophene rings is 1. The summed E-state index contributed by atoms with van der Waals surface area (Å²) in [5.74, 6) is 2.07. The van der Waals surface area contributed by atoms with Crippen molar-refractivity contribution in [2.75, 3.05) is 12.4 Å². The molecule has 6 aromatic rings. The Bertz CT molecular complexity index is 1650. The average Bonchev–Trinajstić information content (AvgIpc) is 3.50. The predicted octanol–water partition coefficient (Wildman–Crippen LogP) is 7.70. The number of aromatic nitrogens is 3. The van der Waals surface area contributed by atoms with E-state index in [1.54, 1.807) is 43.0 Å². The third-order valence-electron chi connectivity index (χ3n) is 5.28. The SMILES string of the molecule is COc1ccc(-c2cc3nccc(Oc4ccc5oc(Nc6ccc(Cl)cc6)nc5c4)c3s2)nc1. The van der Waals surface area contributed by atoms with Crippen LogP contribution in [0.25, 0.3) is 31.9 Å². The minimum Gasteiger partial charge on any atom is -0.495 e. The Hall–Kier alpha value is -4.14. The van der Waals surface area contributed by atoms with E-state index in [2.05, 4.69) is 20.3 Å². The second-order valence-corrected chi connectivity index (χ2v) is 9.09. The number of anilines is 2. The van der Waals surface area contributed by atoms with Crippen LogP contribution in [0.3, 0.4) is 0 Å². The number of fused-ring (bicyclic) bond motifs is 2. The van der Waals surface area contributed by atoms with Gasteiger partial charge in [-0.1, -0.05) is 11.6 Å². The highest BCUT2D eigenvalue weighted by atomic mass is 35.5. The molecule has 2 aromatic carbocycles. The Morgan fingerprint density at radius 3 is 2.57 bits per heavy atom. The van der Waals surface area contributed by atoms with Crippen molar-refractivity contribution in [1.29, 1.82) is 0 Å². The first-order chi connectivity index (χ1) is 17.1. The molecule has 0 amide bonds. The fourth-order valence-electron chi connectivity index (χ4n) is 3.58. The number of nitrogens with zero attached hydrogens (tertiary/aromatic N) is 3. The number of halogens is 1. The van der Waals surface area contributed by atoms with E-state index in [0.29, 0.717) is 39.4 Å². The van der Waals surface area contributed by atoms with E-state index >= 15 is 0 Å². The zero-order valence-electron chi connectivity index (χ0n) is 18.4. The highest BCUT2D eigenvalue weighted by Gasteiger charge is 2.13. The van der Waals surface area contributed by atoms with E-state index in [1.807, 2.05) is 54.6 Å². The van der Waals surface area contributed by atoms with Gasteiger partial charge in [0.2, 0.25) is 0 Å². The first-order valence-electron chi connectivity index (χ1n) is 10.6. The lowest BCUT2D eigenvalue weighted by molar-refractivity contribution is 0.413. The van der Waals surface area contributed by atoms with Gasteiger partial charge in [0, 0.05) is 29.0 Å². The molecular weight excluding hydrogens is 484 g/mol. The fraction of sp³-hybridized carbons (Fsp3) is 0.0385. The monoisotopic (exact) mass is 500 g/mol. The molecule has 0 unspecified atom stereocenters. The number of nitrogens with one attached hydrogen (secondary N) is 1. The topological polar surface area (TPSA) is 82.3 Å². The average molecular weight is 501 g/mol. The molecule has 7 nitrogen and oxygen atoms in total. The van der Waals surface area contributed by atoms with Gasteiger partial charge >= 0.3 is 0 Å². The number of rotatable bonds is 6. The van der Waals surface area contributed by atoms with Gasteiger partial charge < -0.3 is 19.2 Å². The number of benzene rings is 2. The summed E-state index contributed by atoms with van der Waals surface area (Å²) in [6, 6.07) is 20.9. The van der Waals surface area contributed by atoms with Gasteiger partial charge in [-0.05, 0) is 54.6 Å². The Balaban J connectivity index is 1.27. The molecule has 172 valence electrons. The van der Waals surface area contributed by atoms with E-state index in [4.69, 9.17) is 25.5 Å². The molecule has 0 saturated heterocycles. The van der Waals surface area contributed by atoms with Crippen molar-refractivity contribution >= 4 is 56.0 Å². The molecule has 0 bridgehead atoms. The summed E-state index contributed by atoms with van der Waals surface area (Å²) >= 11 is 7.53. The maximum absolute atomic E-state index is 6.24. The lowest BCUT2D eigenvalue weighted by Gasteiger charge is -2.06. The summed E-state index contributed by atoms with van der Waals surface area (Å²) in [6.45, 7) is 0. The molecule has 0 aliphatic heterocycles. The molecule has 0 fully saturated rings. The fourth-order valence-corrected chi connectivity index (χ4v) is 4.74. The Morgan fingerprint density at radius 1 is 0.914 bits per heavy atom. The maximum atomic E-state index is 6.24. The molecule has 4 heterocycles. The molecule has 0 radical (unpaired) electrons. The highest BCUT2D eigenvalue weighted by molar-refractivity contribution is 7.22. The van der Waals surface area contributed by atoms with Gasteiger partial charge in [-0.25, -0.2) is 0 Å². The maximum Gasteiger partial charge on any atom is 0.300 e. The van der Waals surface area contributed by atoms with Crippen LogP contribution < -0.4 is 14.8 Å². The Morgan fingerprint density at radius 2 is 1.77 bits per heavy atom. The van der Waals surface area contributed by atoms with Crippen LogP contribution in [-0.4, -0.2) is 22.1 Å². The van der Waals surface area contributed by atoms with Gasteiger partial charge in [-0.3, -0.25) is 9.97 Å². The smallest absolute Gasteiger partial charge is 0.300 e. The summed E-state index contributed by atoms with van der Waals surface area (Å²) in [5.41, 5.74) is 3.86. The third-order valence-corrected chi connectivity index (χ3v) is 6.70. The van der Waals surface area contributed by atoms with E-state index in [1.165, 1.54) is 0 Å². The molecule has 0 aliphatic rings. The lowest BCUT2D eigenvalue weighted by atomic mass is 10.3. The number of hydrogen-bond acceptors (Lipinski definition) is 8. The Kier molecular flexibility index (Phi) is 5.44. The molecule has 1 N–H and O–H groups in total. The van der Waals surface area contributed by atoms with E-state index in [-0.39, 0.29) is 0 Å². The van der Waals surface area contributed by atoms with Gasteiger partial charge in [0.25, 0.3) is 6.01 Å². The van der Waals surface area contributed by atoms with Crippen molar-refractivity contribution in [3.05, 3.63) is 84.1 Å². The quantitative estimate of drug-likeness (QED) is 0.251. The summed E-state index contributed by atoms with van der Waals surface area (Å²) in [7, 11) is 1.62. The van der Waals surface area contributed by atoms with Crippen LogP contribution in [0.4, 0.5) is 11.7 Å². The second kappa shape index (κ2) is 8.90. The Labute approximate surface area is 209 Å². The molecule has 0 saturated carbocycles. The summed E-state index contributed by atoms with van der Waals surface area (Å²) < 4.78 is 18.2. The predicted molar refractivity (Wildman–Crippen MR) is 138 cm³/mol. The molecule has 35 heavy (non-hydrogen) atoms. The second-order valence-electron chi connectivity index (χ2n) is 7.60. The molecular formula is C26H17ClN4O3S.